The highest BCUT2D eigenvalue weighted by Crippen LogP contribution is 2.44. The van der Waals surface area contributed by atoms with Crippen LogP contribution in [0.25, 0.3) is 0 Å². The van der Waals surface area contributed by atoms with Crippen LogP contribution in [0.1, 0.15) is 42.5 Å². The molecule has 0 unspecified atom stereocenters. The van der Waals surface area contributed by atoms with Gasteiger partial charge in [0.05, 0.1) is 11.5 Å². The van der Waals surface area contributed by atoms with Gasteiger partial charge in [-0.15, -0.1) is 5.10 Å². The molecule has 2 heterocycles. The summed E-state index contributed by atoms with van der Waals surface area (Å²) in [5.74, 6) is 0.532. The van der Waals surface area contributed by atoms with Crippen molar-refractivity contribution in [3.8, 4) is 11.9 Å². The minimum Gasteiger partial charge on any atom is -0.420 e. The standard InChI is InChI=1S/C18H21N5O/c1-10(2)16-15-14(11-5-7-12(8-6-11)23(3)4)13(9-19)17(20)24-18(15)22-21-16/h5-8,10,14H,20H2,1-4H3,(H,21,22)/t14-/m1/s1. The maximum absolute atomic E-state index is 9.62. The van der Waals surface area contributed by atoms with Crippen molar-refractivity contribution in [1.82, 2.24) is 10.2 Å². The summed E-state index contributed by atoms with van der Waals surface area (Å²) in [7, 11) is 3.99. The van der Waals surface area contributed by atoms with E-state index in [2.05, 4.69) is 30.1 Å². The van der Waals surface area contributed by atoms with Crippen LogP contribution in [0.2, 0.25) is 0 Å². The van der Waals surface area contributed by atoms with Gasteiger partial charge in [0.1, 0.15) is 11.6 Å². The van der Waals surface area contributed by atoms with Crippen molar-refractivity contribution in [3.63, 3.8) is 0 Å². The zero-order chi connectivity index (χ0) is 17.4. The molecule has 1 aliphatic heterocycles. The number of ether oxygens (including phenoxy) is 1. The van der Waals surface area contributed by atoms with Gasteiger partial charge in [-0.3, -0.25) is 5.10 Å². The van der Waals surface area contributed by atoms with Crippen molar-refractivity contribution in [2.75, 3.05) is 19.0 Å². The van der Waals surface area contributed by atoms with E-state index < -0.39 is 0 Å². The number of benzene rings is 1. The van der Waals surface area contributed by atoms with E-state index in [9.17, 15) is 5.26 Å². The number of nitrogens with one attached hydrogen (secondary N) is 1. The van der Waals surface area contributed by atoms with Gasteiger partial charge in [0.15, 0.2) is 0 Å². The minimum atomic E-state index is -0.272. The Kier molecular flexibility index (Phi) is 3.94. The molecule has 1 aromatic carbocycles. The highest BCUT2D eigenvalue weighted by molar-refractivity contribution is 5.57. The predicted octanol–water partition coefficient (Wildman–Crippen LogP) is 2.82. The smallest absolute Gasteiger partial charge is 0.244 e. The Morgan fingerprint density at radius 3 is 2.50 bits per heavy atom. The van der Waals surface area contributed by atoms with Crippen LogP contribution in [0.15, 0.2) is 35.7 Å². The maximum atomic E-state index is 9.62. The van der Waals surface area contributed by atoms with Crippen LogP contribution in [0.5, 0.6) is 5.88 Å². The molecule has 0 saturated carbocycles. The first-order chi connectivity index (χ1) is 11.4. The lowest BCUT2D eigenvalue weighted by atomic mass is 9.82. The molecule has 1 aromatic heterocycles. The fourth-order valence-corrected chi connectivity index (χ4v) is 3.01. The second kappa shape index (κ2) is 5.93. The number of anilines is 1. The molecule has 0 saturated heterocycles. The number of fused-ring (bicyclic) bond motifs is 1. The number of nitriles is 1. The number of hydrogen-bond acceptors (Lipinski definition) is 5. The molecule has 3 N–H and O–H groups in total. The van der Waals surface area contributed by atoms with E-state index in [1.54, 1.807) is 0 Å². The molecule has 0 radical (unpaired) electrons. The molecule has 124 valence electrons. The Morgan fingerprint density at radius 2 is 1.96 bits per heavy atom. The van der Waals surface area contributed by atoms with Crippen LogP contribution in [0, 0.1) is 11.3 Å². The van der Waals surface area contributed by atoms with Crippen LogP contribution < -0.4 is 15.4 Å². The van der Waals surface area contributed by atoms with E-state index in [0.717, 1.165) is 22.5 Å². The zero-order valence-corrected chi connectivity index (χ0v) is 14.3. The molecular formula is C18H21N5O. The summed E-state index contributed by atoms with van der Waals surface area (Å²) in [5.41, 5.74) is 10.3. The molecule has 0 fully saturated rings. The molecule has 1 atom stereocenters. The normalized spacial score (nSPS) is 16.6. The zero-order valence-electron chi connectivity index (χ0n) is 14.3. The van der Waals surface area contributed by atoms with E-state index >= 15 is 0 Å². The molecule has 6 heteroatoms. The fraction of sp³-hybridized carbons (Fsp3) is 0.333. The van der Waals surface area contributed by atoms with Gasteiger partial charge >= 0.3 is 0 Å². The molecule has 2 aromatic rings. The van der Waals surface area contributed by atoms with E-state index in [1.165, 1.54) is 0 Å². The lowest BCUT2D eigenvalue weighted by Gasteiger charge is -2.25. The Bertz CT molecular complexity index is 824. The lowest BCUT2D eigenvalue weighted by molar-refractivity contribution is 0.378. The van der Waals surface area contributed by atoms with Gasteiger partial charge in [-0.2, -0.15) is 5.26 Å². The van der Waals surface area contributed by atoms with Gasteiger partial charge in [0.25, 0.3) is 0 Å². The van der Waals surface area contributed by atoms with Crippen molar-refractivity contribution in [2.24, 2.45) is 5.73 Å². The summed E-state index contributed by atoms with van der Waals surface area (Å²) < 4.78 is 5.56. The summed E-state index contributed by atoms with van der Waals surface area (Å²) >= 11 is 0. The van der Waals surface area contributed by atoms with Crippen LogP contribution in [-0.4, -0.2) is 24.3 Å². The first kappa shape index (κ1) is 15.9. The predicted molar refractivity (Wildman–Crippen MR) is 92.7 cm³/mol. The summed E-state index contributed by atoms with van der Waals surface area (Å²) in [6.45, 7) is 4.15. The largest absolute Gasteiger partial charge is 0.420 e. The number of aromatic amines is 1. The Balaban J connectivity index is 2.17. The van der Waals surface area contributed by atoms with Crippen molar-refractivity contribution in [3.05, 3.63) is 52.5 Å². The first-order valence-corrected chi connectivity index (χ1v) is 7.87. The minimum absolute atomic E-state index is 0.119. The van der Waals surface area contributed by atoms with Crippen LogP contribution in [-0.2, 0) is 0 Å². The third-order valence-electron chi connectivity index (χ3n) is 4.29. The lowest BCUT2D eigenvalue weighted by Crippen LogP contribution is -2.21. The van der Waals surface area contributed by atoms with E-state index in [1.807, 2.05) is 43.3 Å². The number of allylic oxidation sites excluding steroid dienone is 1. The Labute approximate surface area is 141 Å². The first-order valence-electron chi connectivity index (χ1n) is 7.87. The van der Waals surface area contributed by atoms with Crippen LogP contribution in [0.3, 0.4) is 0 Å². The van der Waals surface area contributed by atoms with Gasteiger partial charge in [0.2, 0.25) is 11.8 Å². The summed E-state index contributed by atoms with van der Waals surface area (Å²) in [6, 6.07) is 10.3. The quantitative estimate of drug-likeness (QED) is 0.906. The van der Waals surface area contributed by atoms with Crippen LogP contribution in [0.4, 0.5) is 5.69 Å². The summed E-state index contributed by atoms with van der Waals surface area (Å²) in [5, 5.41) is 16.9. The average molecular weight is 323 g/mol. The number of nitrogens with two attached hydrogens (primary N) is 1. The van der Waals surface area contributed by atoms with Crippen molar-refractivity contribution >= 4 is 5.69 Å². The van der Waals surface area contributed by atoms with Gasteiger partial charge in [-0.25, -0.2) is 0 Å². The van der Waals surface area contributed by atoms with Gasteiger partial charge in [-0.05, 0) is 23.6 Å². The molecule has 0 aliphatic carbocycles. The Morgan fingerprint density at radius 1 is 1.29 bits per heavy atom. The fourth-order valence-electron chi connectivity index (χ4n) is 3.01. The SMILES string of the molecule is CC(C)c1[nH]nc2c1[C@H](c1ccc(N(C)C)cc1)C(C#N)=C(N)O2. The van der Waals surface area contributed by atoms with E-state index in [-0.39, 0.29) is 17.7 Å². The average Bonchev–Trinajstić information content (AvgIpc) is 2.97. The molecule has 3 rings (SSSR count). The monoisotopic (exact) mass is 323 g/mol. The molecule has 0 spiro atoms. The van der Waals surface area contributed by atoms with Gasteiger partial charge < -0.3 is 15.4 Å². The van der Waals surface area contributed by atoms with E-state index in [0.29, 0.717) is 11.5 Å². The number of rotatable bonds is 3. The van der Waals surface area contributed by atoms with E-state index in [4.69, 9.17) is 10.5 Å². The molecule has 0 amide bonds. The summed E-state index contributed by atoms with van der Waals surface area (Å²) in [4.78, 5) is 2.03. The maximum Gasteiger partial charge on any atom is 0.244 e. The van der Waals surface area contributed by atoms with Gasteiger partial charge in [-0.1, -0.05) is 26.0 Å². The topological polar surface area (TPSA) is 91.0 Å². The third-order valence-corrected chi connectivity index (χ3v) is 4.29. The summed E-state index contributed by atoms with van der Waals surface area (Å²) in [6.07, 6.45) is 0. The molecule has 24 heavy (non-hydrogen) atoms. The highest BCUT2D eigenvalue weighted by Gasteiger charge is 2.35. The van der Waals surface area contributed by atoms with Crippen LogP contribution >= 0.6 is 0 Å². The number of aromatic nitrogens is 2. The molecule has 6 nitrogen and oxygen atoms in total. The number of hydrogen-bond donors (Lipinski definition) is 2. The molecule has 1 aliphatic rings. The third kappa shape index (κ3) is 2.48. The van der Waals surface area contributed by atoms with Crippen molar-refractivity contribution in [1.29, 1.82) is 5.26 Å². The highest BCUT2D eigenvalue weighted by atomic mass is 16.5. The van der Waals surface area contributed by atoms with Crippen molar-refractivity contribution in [2.45, 2.75) is 25.7 Å². The second-order valence-corrected chi connectivity index (χ2v) is 6.42. The molecular weight excluding hydrogens is 302 g/mol. The number of nitrogens with zero attached hydrogens (tertiary/aromatic N) is 3. The Hall–Kier alpha value is -2.94. The van der Waals surface area contributed by atoms with Gasteiger partial charge in [0, 0.05) is 25.5 Å². The van der Waals surface area contributed by atoms with Crippen molar-refractivity contribution < 1.29 is 4.74 Å². The second-order valence-electron chi connectivity index (χ2n) is 6.42. The number of H-pyrrole nitrogens is 1. The molecule has 0 bridgehead atoms.